The van der Waals surface area contributed by atoms with Gasteiger partial charge in [-0.1, -0.05) is 25.1 Å². The van der Waals surface area contributed by atoms with Crippen LogP contribution >= 0.6 is 0 Å². The van der Waals surface area contributed by atoms with Gasteiger partial charge in [0.15, 0.2) is 0 Å². The molecule has 1 unspecified atom stereocenters. The lowest BCUT2D eigenvalue weighted by Crippen LogP contribution is -2.50. The second-order valence-corrected chi connectivity index (χ2v) is 4.85. The van der Waals surface area contributed by atoms with Crippen molar-refractivity contribution in [2.75, 3.05) is 19.8 Å². The molecule has 112 valence electrons. The third kappa shape index (κ3) is 4.51. The highest BCUT2D eigenvalue weighted by Gasteiger charge is 2.31. The van der Waals surface area contributed by atoms with E-state index < -0.39 is 11.5 Å². The number of carboxylic acids is 1. The lowest BCUT2D eigenvalue weighted by molar-refractivity contribution is -0.144. The summed E-state index contributed by atoms with van der Waals surface area (Å²) in [5.41, 5.74) is -0.0591. The van der Waals surface area contributed by atoms with E-state index in [1.54, 1.807) is 6.92 Å². The molecule has 0 aliphatic heterocycles. The molecule has 5 heteroatoms. The zero-order valence-electron chi connectivity index (χ0n) is 12.1. The maximum absolute atomic E-state index is 11.3. The van der Waals surface area contributed by atoms with Gasteiger partial charge in [-0.15, -0.1) is 0 Å². The number of likely N-dealkylation sites (N-methyl/N-ethyl adjacent to an activating group) is 1. The van der Waals surface area contributed by atoms with Crippen molar-refractivity contribution in [1.82, 2.24) is 5.32 Å². The first-order valence-corrected chi connectivity index (χ1v) is 6.83. The first kappa shape index (κ1) is 16.5. The summed E-state index contributed by atoms with van der Waals surface area (Å²) in [6.45, 7) is 4.48. The van der Waals surface area contributed by atoms with Gasteiger partial charge in [0, 0.05) is 13.0 Å². The Morgan fingerprint density at radius 1 is 1.40 bits per heavy atom. The van der Waals surface area contributed by atoms with E-state index in [0.717, 1.165) is 5.56 Å². The summed E-state index contributed by atoms with van der Waals surface area (Å²) in [5.74, 6) is -0.183. The fourth-order valence-corrected chi connectivity index (χ4v) is 2.00. The largest absolute Gasteiger partial charge is 0.493 e. The summed E-state index contributed by atoms with van der Waals surface area (Å²) in [4.78, 5) is 11.3. The number of hydrogen-bond donors (Lipinski definition) is 3. The third-order valence-electron chi connectivity index (χ3n) is 3.25. The monoisotopic (exact) mass is 281 g/mol. The molecule has 3 N–H and O–H groups in total. The molecule has 0 aromatic heterocycles. The Bertz CT molecular complexity index is 436. The Kier molecular flexibility index (Phi) is 6.48. The average Bonchev–Trinajstić information content (AvgIpc) is 2.41. The molecule has 1 aromatic rings. The van der Waals surface area contributed by atoms with Crippen LogP contribution in [0.5, 0.6) is 5.75 Å². The maximum atomic E-state index is 11.3. The van der Waals surface area contributed by atoms with E-state index in [9.17, 15) is 9.90 Å². The van der Waals surface area contributed by atoms with Crippen LogP contribution in [0.3, 0.4) is 0 Å². The number of aliphatic hydroxyl groups excluding tert-OH is 1. The van der Waals surface area contributed by atoms with Gasteiger partial charge in [0.2, 0.25) is 0 Å². The highest BCUT2D eigenvalue weighted by Crippen LogP contribution is 2.19. The summed E-state index contributed by atoms with van der Waals surface area (Å²) in [5, 5.41) is 21.2. The molecule has 0 amide bonds. The molecular formula is C15H23NO4. The molecule has 0 heterocycles. The molecule has 0 saturated carbocycles. The van der Waals surface area contributed by atoms with Gasteiger partial charge in [0.05, 0.1) is 6.61 Å². The van der Waals surface area contributed by atoms with E-state index in [1.807, 2.05) is 31.2 Å². The number of benzene rings is 1. The van der Waals surface area contributed by atoms with Crippen LogP contribution in [0, 0.1) is 0 Å². The van der Waals surface area contributed by atoms with Crippen LogP contribution in [-0.4, -0.2) is 41.5 Å². The number of para-hydroxylation sites is 1. The number of rotatable bonds is 9. The number of ether oxygens (including phenoxy) is 1. The highest BCUT2D eigenvalue weighted by molar-refractivity contribution is 5.78. The summed E-state index contributed by atoms with van der Waals surface area (Å²) >= 11 is 0. The van der Waals surface area contributed by atoms with Crippen molar-refractivity contribution < 1.29 is 19.7 Å². The Morgan fingerprint density at radius 3 is 2.70 bits per heavy atom. The summed E-state index contributed by atoms with van der Waals surface area (Å²) in [6.07, 6.45) is 0.892. The van der Waals surface area contributed by atoms with Gasteiger partial charge < -0.3 is 20.3 Å². The van der Waals surface area contributed by atoms with Gasteiger partial charge in [-0.05, 0) is 31.5 Å². The highest BCUT2D eigenvalue weighted by atomic mass is 16.5. The predicted octanol–water partition coefficient (Wildman–Crippen LogP) is 1.44. The number of aliphatic carboxylic acids is 1. The minimum Gasteiger partial charge on any atom is -0.493 e. The molecule has 0 saturated heterocycles. The Hall–Kier alpha value is -1.59. The van der Waals surface area contributed by atoms with Gasteiger partial charge in [-0.2, -0.15) is 0 Å². The minimum atomic E-state index is -0.985. The maximum Gasteiger partial charge on any atom is 0.323 e. The van der Waals surface area contributed by atoms with Crippen molar-refractivity contribution in [3.05, 3.63) is 29.8 Å². The molecule has 1 atom stereocenters. The van der Waals surface area contributed by atoms with Gasteiger partial charge in [-0.3, -0.25) is 4.79 Å². The van der Waals surface area contributed by atoms with E-state index in [0.29, 0.717) is 31.7 Å². The molecule has 0 aliphatic rings. The van der Waals surface area contributed by atoms with E-state index >= 15 is 0 Å². The molecule has 0 fully saturated rings. The Balaban J connectivity index is 2.61. The number of carbonyl (C=O) groups is 1. The average molecular weight is 281 g/mol. The summed E-state index contributed by atoms with van der Waals surface area (Å²) in [7, 11) is 0. The molecule has 0 aliphatic carbocycles. The Labute approximate surface area is 119 Å². The lowest BCUT2D eigenvalue weighted by atomic mass is 9.98. The Morgan fingerprint density at radius 2 is 2.10 bits per heavy atom. The van der Waals surface area contributed by atoms with E-state index in [4.69, 9.17) is 9.84 Å². The van der Waals surface area contributed by atoms with Crippen LogP contribution in [0.2, 0.25) is 0 Å². The van der Waals surface area contributed by atoms with E-state index in [2.05, 4.69) is 5.32 Å². The van der Waals surface area contributed by atoms with Gasteiger partial charge in [-0.25, -0.2) is 0 Å². The molecule has 1 rings (SSSR count). The first-order chi connectivity index (χ1) is 9.53. The van der Waals surface area contributed by atoms with Gasteiger partial charge >= 0.3 is 5.97 Å². The van der Waals surface area contributed by atoms with Crippen LogP contribution < -0.4 is 10.1 Å². The zero-order chi connectivity index (χ0) is 15.0. The van der Waals surface area contributed by atoms with E-state index in [-0.39, 0.29) is 6.61 Å². The molecule has 20 heavy (non-hydrogen) atoms. The van der Waals surface area contributed by atoms with Crippen LogP contribution in [0.15, 0.2) is 24.3 Å². The number of nitrogens with one attached hydrogen (secondary N) is 1. The van der Waals surface area contributed by atoms with Gasteiger partial charge in [0.25, 0.3) is 0 Å². The molecular weight excluding hydrogens is 258 g/mol. The summed E-state index contributed by atoms with van der Waals surface area (Å²) in [6, 6.07) is 7.47. The fourth-order valence-electron chi connectivity index (χ4n) is 2.00. The van der Waals surface area contributed by atoms with E-state index in [1.165, 1.54) is 0 Å². The minimum absolute atomic E-state index is 0.0601. The second-order valence-electron chi connectivity index (χ2n) is 4.85. The van der Waals surface area contributed by atoms with Crippen molar-refractivity contribution >= 4 is 5.97 Å². The summed E-state index contributed by atoms with van der Waals surface area (Å²) < 4.78 is 5.67. The molecule has 0 spiro atoms. The van der Waals surface area contributed by atoms with Crippen LogP contribution in [0.1, 0.15) is 25.8 Å². The predicted molar refractivity (Wildman–Crippen MR) is 77.1 cm³/mol. The first-order valence-electron chi connectivity index (χ1n) is 6.83. The standard InChI is InChI=1S/C15H23NO4/c1-3-16-15(2,14(18)19)9-11-20-13-7-5-4-6-12(13)8-10-17/h4-7,16-17H,3,8-11H2,1-2H3,(H,18,19). The number of carboxylic acid groups (broad SMARTS) is 1. The fraction of sp³-hybridized carbons (Fsp3) is 0.533. The van der Waals surface area contributed by atoms with Crippen LogP contribution in [0.4, 0.5) is 0 Å². The smallest absolute Gasteiger partial charge is 0.323 e. The molecule has 1 aromatic carbocycles. The van der Waals surface area contributed by atoms with Crippen LogP contribution in [0.25, 0.3) is 0 Å². The topological polar surface area (TPSA) is 78.8 Å². The zero-order valence-corrected chi connectivity index (χ0v) is 12.1. The van der Waals surface area contributed by atoms with Crippen molar-refractivity contribution in [2.45, 2.75) is 32.2 Å². The molecule has 5 nitrogen and oxygen atoms in total. The third-order valence-corrected chi connectivity index (χ3v) is 3.25. The van der Waals surface area contributed by atoms with Gasteiger partial charge in [0.1, 0.15) is 11.3 Å². The quantitative estimate of drug-likeness (QED) is 0.638. The normalized spacial score (nSPS) is 13.8. The molecule has 0 radical (unpaired) electrons. The molecule has 0 bridgehead atoms. The second kappa shape index (κ2) is 7.87. The van der Waals surface area contributed by atoms with Crippen molar-refractivity contribution in [3.8, 4) is 5.75 Å². The SMILES string of the molecule is CCNC(C)(CCOc1ccccc1CCO)C(=O)O. The number of hydrogen-bond acceptors (Lipinski definition) is 4. The van der Waals surface area contributed by atoms with Crippen LogP contribution in [-0.2, 0) is 11.2 Å². The lowest BCUT2D eigenvalue weighted by Gasteiger charge is -2.25. The van der Waals surface area contributed by atoms with Crippen molar-refractivity contribution in [2.24, 2.45) is 0 Å². The van der Waals surface area contributed by atoms with Crippen molar-refractivity contribution in [3.63, 3.8) is 0 Å². The number of aliphatic hydroxyl groups is 1. The van der Waals surface area contributed by atoms with Crippen molar-refractivity contribution in [1.29, 1.82) is 0 Å².